The van der Waals surface area contributed by atoms with Gasteiger partial charge in [0.2, 0.25) is 5.91 Å². The van der Waals surface area contributed by atoms with Crippen molar-refractivity contribution in [2.75, 3.05) is 13.7 Å². The molecule has 0 saturated heterocycles. The molecule has 0 aromatic carbocycles. The van der Waals surface area contributed by atoms with Gasteiger partial charge in [-0.15, -0.1) is 0 Å². The average molecular weight is 271 g/mol. The van der Waals surface area contributed by atoms with Gasteiger partial charge < -0.3 is 16.0 Å². The molecular formula is C15H33N3O. The lowest BCUT2D eigenvalue weighted by atomic mass is 10.0. The third-order valence-electron chi connectivity index (χ3n) is 3.83. The second-order valence-electron chi connectivity index (χ2n) is 5.57. The predicted octanol–water partition coefficient (Wildman–Crippen LogP) is 2.19. The van der Waals surface area contributed by atoms with Gasteiger partial charge in [0.15, 0.2) is 0 Å². The van der Waals surface area contributed by atoms with Crippen molar-refractivity contribution in [3.8, 4) is 0 Å². The van der Waals surface area contributed by atoms with E-state index in [-0.39, 0.29) is 17.9 Å². The quantitative estimate of drug-likeness (QED) is 0.754. The molecule has 3 atom stereocenters. The van der Waals surface area contributed by atoms with Crippen LogP contribution in [0.1, 0.15) is 53.9 Å². The minimum absolute atomic E-state index is 0.0908. The van der Waals surface area contributed by atoms with E-state index in [9.17, 15) is 4.79 Å². The van der Waals surface area contributed by atoms with E-state index in [1.807, 2.05) is 39.6 Å². The lowest BCUT2D eigenvalue weighted by molar-refractivity contribution is -0.137. The highest BCUT2D eigenvalue weighted by molar-refractivity contribution is 5.82. The third-order valence-corrected chi connectivity index (χ3v) is 3.83. The maximum absolute atomic E-state index is 12.4. The molecule has 19 heavy (non-hydrogen) atoms. The molecule has 3 unspecified atom stereocenters. The smallest absolute Gasteiger partial charge is 0.241 e. The van der Waals surface area contributed by atoms with Crippen LogP contribution >= 0.6 is 0 Å². The summed E-state index contributed by atoms with van der Waals surface area (Å²) in [5.74, 6) is 0.873. The fourth-order valence-electron chi connectivity index (χ4n) is 2.59. The molecule has 1 rings (SSSR count). The Labute approximate surface area is 119 Å². The van der Waals surface area contributed by atoms with Gasteiger partial charge in [0.25, 0.3) is 0 Å². The number of amides is 1. The second-order valence-corrected chi connectivity index (χ2v) is 5.57. The lowest BCUT2D eigenvalue weighted by Gasteiger charge is -2.34. The lowest BCUT2D eigenvalue weighted by Crippen LogP contribution is -2.53. The molecule has 114 valence electrons. The first kappa shape index (κ1) is 18.4. The van der Waals surface area contributed by atoms with E-state index in [0.29, 0.717) is 18.6 Å². The summed E-state index contributed by atoms with van der Waals surface area (Å²) in [4.78, 5) is 14.3. The van der Waals surface area contributed by atoms with Crippen molar-refractivity contribution in [1.29, 1.82) is 0 Å². The Morgan fingerprint density at radius 3 is 2.32 bits per heavy atom. The van der Waals surface area contributed by atoms with Crippen molar-refractivity contribution in [2.24, 2.45) is 17.6 Å². The van der Waals surface area contributed by atoms with Crippen molar-refractivity contribution in [3.63, 3.8) is 0 Å². The minimum atomic E-state index is -0.379. The zero-order chi connectivity index (χ0) is 15.0. The number of nitrogens with two attached hydrogens (primary N) is 1. The van der Waals surface area contributed by atoms with E-state index in [1.165, 1.54) is 12.8 Å². The van der Waals surface area contributed by atoms with E-state index >= 15 is 0 Å². The van der Waals surface area contributed by atoms with Gasteiger partial charge in [-0.25, -0.2) is 0 Å². The Hall–Kier alpha value is -0.610. The molecule has 0 bridgehead atoms. The molecule has 0 aliphatic heterocycles. The van der Waals surface area contributed by atoms with Crippen molar-refractivity contribution in [2.45, 2.75) is 66.0 Å². The van der Waals surface area contributed by atoms with Crippen LogP contribution in [0.5, 0.6) is 0 Å². The van der Waals surface area contributed by atoms with Gasteiger partial charge in [0, 0.05) is 6.04 Å². The van der Waals surface area contributed by atoms with E-state index < -0.39 is 0 Å². The van der Waals surface area contributed by atoms with Crippen molar-refractivity contribution >= 4 is 5.91 Å². The molecule has 4 nitrogen and oxygen atoms in total. The first-order chi connectivity index (χ1) is 8.99. The Kier molecular flexibility index (Phi) is 9.02. The van der Waals surface area contributed by atoms with Crippen LogP contribution in [0.15, 0.2) is 0 Å². The summed E-state index contributed by atoms with van der Waals surface area (Å²) in [6, 6.07) is -0.0177. The van der Waals surface area contributed by atoms with Crippen LogP contribution in [0.4, 0.5) is 0 Å². The van der Waals surface area contributed by atoms with Crippen LogP contribution in [0.25, 0.3) is 0 Å². The number of hydrogen-bond acceptors (Lipinski definition) is 3. The monoisotopic (exact) mass is 271 g/mol. The number of nitrogens with zero attached hydrogens (tertiary/aromatic N) is 1. The Morgan fingerprint density at radius 2 is 1.95 bits per heavy atom. The molecular weight excluding hydrogens is 238 g/mol. The van der Waals surface area contributed by atoms with Crippen LogP contribution in [-0.2, 0) is 4.79 Å². The zero-order valence-electron chi connectivity index (χ0n) is 13.6. The van der Waals surface area contributed by atoms with E-state index in [0.717, 1.165) is 6.42 Å². The summed E-state index contributed by atoms with van der Waals surface area (Å²) in [6.45, 7) is 10.8. The molecule has 1 saturated carbocycles. The number of carbonyl (C=O) groups excluding carboxylic acids is 1. The molecule has 3 N–H and O–H groups in total. The van der Waals surface area contributed by atoms with Crippen molar-refractivity contribution in [3.05, 3.63) is 0 Å². The van der Waals surface area contributed by atoms with Crippen LogP contribution in [-0.4, -0.2) is 36.6 Å². The summed E-state index contributed by atoms with van der Waals surface area (Å²) in [6.07, 6.45) is 3.55. The standard InChI is InChI=1S/C13H27N3O.C2H6/c1-9(2)12(14)13(17)16(8-15-4)11-7-5-6-10(11)3;1-2/h9-12,15H,5-8,14H2,1-4H3;1-2H3. The van der Waals surface area contributed by atoms with E-state index in [4.69, 9.17) is 5.73 Å². The van der Waals surface area contributed by atoms with Gasteiger partial charge in [0.1, 0.15) is 0 Å². The van der Waals surface area contributed by atoms with Gasteiger partial charge in [0.05, 0.1) is 12.7 Å². The predicted molar refractivity (Wildman–Crippen MR) is 81.7 cm³/mol. The molecule has 1 fully saturated rings. The Balaban J connectivity index is 0.00000154. The van der Waals surface area contributed by atoms with E-state index in [1.54, 1.807) is 0 Å². The maximum atomic E-state index is 12.4. The van der Waals surface area contributed by atoms with Crippen molar-refractivity contribution in [1.82, 2.24) is 10.2 Å². The summed E-state index contributed by atoms with van der Waals surface area (Å²) >= 11 is 0. The van der Waals surface area contributed by atoms with E-state index in [2.05, 4.69) is 12.2 Å². The first-order valence-electron chi connectivity index (χ1n) is 7.69. The number of nitrogens with one attached hydrogen (secondary N) is 1. The molecule has 0 spiro atoms. The SMILES string of the molecule is CC.CNCN(C(=O)C(N)C(C)C)C1CCCC1C. The number of carbonyl (C=O) groups is 1. The molecule has 1 aliphatic rings. The highest BCUT2D eigenvalue weighted by atomic mass is 16.2. The summed E-state index contributed by atoms with van der Waals surface area (Å²) in [5.41, 5.74) is 5.99. The average Bonchev–Trinajstić information content (AvgIpc) is 2.82. The highest BCUT2D eigenvalue weighted by Gasteiger charge is 2.34. The fourth-order valence-corrected chi connectivity index (χ4v) is 2.59. The van der Waals surface area contributed by atoms with Gasteiger partial charge >= 0.3 is 0 Å². The van der Waals surface area contributed by atoms with Crippen LogP contribution in [0, 0.1) is 11.8 Å². The first-order valence-corrected chi connectivity index (χ1v) is 7.69. The van der Waals surface area contributed by atoms with Crippen LogP contribution in [0.3, 0.4) is 0 Å². The van der Waals surface area contributed by atoms with Crippen molar-refractivity contribution < 1.29 is 4.79 Å². The molecule has 0 radical (unpaired) electrons. The topological polar surface area (TPSA) is 58.4 Å². The summed E-state index contributed by atoms with van der Waals surface area (Å²) in [7, 11) is 1.88. The normalized spacial score (nSPS) is 23.8. The molecule has 0 heterocycles. The Bertz CT molecular complexity index is 256. The minimum Gasteiger partial charge on any atom is -0.325 e. The molecule has 0 aromatic rings. The Morgan fingerprint density at radius 1 is 1.37 bits per heavy atom. The van der Waals surface area contributed by atoms with Crippen LogP contribution < -0.4 is 11.1 Å². The number of hydrogen-bond donors (Lipinski definition) is 2. The molecule has 0 aromatic heterocycles. The highest BCUT2D eigenvalue weighted by Crippen LogP contribution is 2.29. The molecule has 1 amide bonds. The summed E-state index contributed by atoms with van der Waals surface area (Å²) in [5, 5.41) is 3.09. The van der Waals surface area contributed by atoms with Gasteiger partial charge in [-0.1, -0.05) is 41.0 Å². The van der Waals surface area contributed by atoms with Gasteiger partial charge in [-0.05, 0) is 31.7 Å². The van der Waals surface area contributed by atoms with Gasteiger partial charge in [-0.3, -0.25) is 4.79 Å². The summed E-state index contributed by atoms with van der Waals surface area (Å²) < 4.78 is 0. The number of rotatable bonds is 5. The largest absolute Gasteiger partial charge is 0.325 e. The second kappa shape index (κ2) is 9.32. The molecule has 1 aliphatic carbocycles. The third kappa shape index (κ3) is 5.11. The fraction of sp³-hybridized carbons (Fsp3) is 0.933. The zero-order valence-corrected chi connectivity index (χ0v) is 13.6. The van der Waals surface area contributed by atoms with Crippen LogP contribution in [0.2, 0.25) is 0 Å². The maximum Gasteiger partial charge on any atom is 0.241 e. The van der Waals surface area contributed by atoms with Gasteiger partial charge in [-0.2, -0.15) is 0 Å². The molecule has 4 heteroatoms.